The highest BCUT2D eigenvalue weighted by molar-refractivity contribution is 7.91. The molecule has 2 aromatic rings. The van der Waals surface area contributed by atoms with Gasteiger partial charge < -0.3 is 15.1 Å². The lowest BCUT2D eigenvalue weighted by Crippen LogP contribution is -2.37. The average Bonchev–Trinajstić information content (AvgIpc) is 3.35. The number of sulfone groups is 1. The van der Waals surface area contributed by atoms with Gasteiger partial charge in [-0.15, -0.1) is 0 Å². The van der Waals surface area contributed by atoms with Gasteiger partial charge in [0, 0.05) is 39.0 Å². The van der Waals surface area contributed by atoms with Crippen LogP contribution in [0.25, 0.3) is 0 Å². The number of hydrogen-bond donors (Lipinski definition) is 1. The largest absolute Gasteiger partial charge is 0.348 e. The van der Waals surface area contributed by atoms with Crippen LogP contribution in [-0.4, -0.2) is 74.8 Å². The molecule has 4 rings (SSSR count). The smallest absolute Gasteiger partial charge is 0.258 e. The van der Waals surface area contributed by atoms with Crippen LogP contribution in [0.4, 0.5) is 4.39 Å². The molecule has 0 saturated carbocycles. The minimum absolute atomic E-state index is 0.0680. The zero-order chi connectivity index (χ0) is 25.2. The Morgan fingerprint density at radius 2 is 1.71 bits per heavy atom. The molecule has 2 saturated heterocycles. The zero-order valence-corrected chi connectivity index (χ0v) is 21.1. The van der Waals surface area contributed by atoms with Gasteiger partial charge in [-0.1, -0.05) is 48.0 Å². The average molecular weight is 522 g/mol. The maximum Gasteiger partial charge on any atom is 0.258 e. The molecule has 0 aliphatic carbocycles. The molecule has 2 amide bonds. The highest BCUT2D eigenvalue weighted by Crippen LogP contribution is 2.33. The molecule has 0 bridgehead atoms. The first kappa shape index (κ1) is 25.6. The zero-order valence-electron chi connectivity index (χ0n) is 19.5. The van der Waals surface area contributed by atoms with Crippen molar-refractivity contribution in [3.05, 3.63) is 70.5 Å². The van der Waals surface area contributed by atoms with Crippen LogP contribution < -0.4 is 5.32 Å². The minimum Gasteiger partial charge on any atom is -0.348 e. The van der Waals surface area contributed by atoms with Crippen LogP contribution in [0.2, 0.25) is 5.02 Å². The van der Waals surface area contributed by atoms with Crippen molar-refractivity contribution in [2.75, 3.05) is 44.7 Å². The molecule has 2 heterocycles. The van der Waals surface area contributed by atoms with Crippen molar-refractivity contribution in [2.45, 2.75) is 12.5 Å². The summed E-state index contributed by atoms with van der Waals surface area (Å²) in [5, 5.41) is 2.99. The Bertz CT molecular complexity index is 1160. The van der Waals surface area contributed by atoms with Crippen molar-refractivity contribution in [3.63, 3.8) is 0 Å². The summed E-state index contributed by atoms with van der Waals surface area (Å²) in [6.45, 7) is 3.44. The summed E-state index contributed by atoms with van der Waals surface area (Å²) in [4.78, 5) is 29.2. The first-order chi connectivity index (χ1) is 16.6. The number of likely N-dealkylation sites (tertiary alicyclic amines) is 2. The predicted octanol–water partition coefficient (Wildman–Crippen LogP) is 2.78. The molecule has 0 aromatic heterocycles. The van der Waals surface area contributed by atoms with Gasteiger partial charge in [0.05, 0.1) is 16.6 Å². The quantitative estimate of drug-likeness (QED) is 0.577. The lowest BCUT2D eigenvalue weighted by Gasteiger charge is -2.25. The Hall–Kier alpha value is -2.49. The predicted molar refractivity (Wildman–Crippen MR) is 132 cm³/mol. The van der Waals surface area contributed by atoms with Crippen molar-refractivity contribution in [2.24, 2.45) is 11.8 Å². The highest BCUT2D eigenvalue weighted by Gasteiger charge is 2.42. The van der Waals surface area contributed by atoms with Gasteiger partial charge in [0.25, 0.3) is 5.91 Å². The van der Waals surface area contributed by atoms with E-state index in [-0.39, 0.29) is 22.5 Å². The van der Waals surface area contributed by atoms with Gasteiger partial charge >= 0.3 is 0 Å². The van der Waals surface area contributed by atoms with Crippen LogP contribution in [0.1, 0.15) is 28.4 Å². The van der Waals surface area contributed by atoms with Crippen molar-refractivity contribution in [3.8, 4) is 0 Å². The van der Waals surface area contributed by atoms with Crippen LogP contribution in [-0.2, 0) is 14.6 Å². The van der Waals surface area contributed by atoms with E-state index in [1.165, 1.54) is 18.2 Å². The van der Waals surface area contributed by atoms with E-state index < -0.39 is 27.3 Å². The standard InChI is InChI=1S/C25H29ClFN3O4S/c1-35(33,34)16-23(31)28-22(17-6-3-2-4-7-17)10-11-29-12-18-14-30(15-19(18)13-29)25(32)24-20(26)8-5-9-21(24)27/h2-9,18-19,22H,10-16H2,1H3,(H,28,31)/t18?,19?,22-/m0/s1. The molecule has 2 fully saturated rings. The summed E-state index contributed by atoms with van der Waals surface area (Å²) >= 11 is 6.08. The van der Waals surface area contributed by atoms with Crippen molar-refractivity contribution in [1.82, 2.24) is 15.1 Å². The number of benzene rings is 2. The van der Waals surface area contributed by atoms with E-state index in [4.69, 9.17) is 11.6 Å². The van der Waals surface area contributed by atoms with E-state index in [1.54, 1.807) is 4.90 Å². The first-order valence-corrected chi connectivity index (χ1v) is 14.0. The van der Waals surface area contributed by atoms with Crippen molar-refractivity contribution in [1.29, 1.82) is 0 Å². The van der Waals surface area contributed by atoms with Gasteiger partial charge in [-0.05, 0) is 36.0 Å². The van der Waals surface area contributed by atoms with Crippen LogP contribution in [0, 0.1) is 17.7 Å². The summed E-state index contributed by atoms with van der Waals surface area (Å²) in [6, 6.07) is 13.5. The van der Waals surface area contributed by atoms with Gasteiger partial charge in [-0.3, -0.25) is 9.59 Å². The van der Waals surface area contributed by atoms with Crippen LogP contribution >= 0.6 is 11.6 Å². The minimum atomic E-state index is -3.42. The number of carbonyl (C=O) groups excluding carboxylic acids is 2. The summed E-state index contributed by atoms with van der Waals surface area (Å²) in [6.07, 6.45) is 1.67. The molecule has 7 nitrogen and oxygen atoms in total. The molecule has 2 aliphatic rings. The van der Waals surface area contributed by atoms with Gasteiger partial charge in [0.15, 0.2) is 9.84 Å². The third-order valence-electron chi connectivity index (χ3n) is 6.69. The molecule has 3 atom stereocenters. The topological polar surface area (TPSA) is 86.8 Å². The number of carbonyl (C=O) groups is 2. The van der Waals surface area contributed by atoms with E-state index in [0.29, 0.717) is 31.3 Å². The van der Waals surface area contributed by atoms with Gasteiger partial charge in [-0.2, -0.15) is 0 Å². The molecular weight excluding hydrogens is 493 g/mol. The Labute approximate surface area is 210 Å². The third kappa shape index (κ3) is 6.39. The van der Waals surface area contributed by atoms with E-state index in [9.17, 15) is 22.4 Å². The summed E-state index contributed by atoms with van der Waals surface area (Å²) in [7, 11) is -3.42. The van der Waals surface area contributed by atoms with E-state index in [1.807, 2.05) is 30.3 Å². The fourth-order valence-electron chi connectivity index (χ4n) is 5.09. The molecule has 0 radical (unpaired) electrons. The molecular formula is C25H29ClFN3O4S. The number of hydrogen-bond acceptors (Lipinski definition) is 5. The summed E-state index contributed by atoms with van der Waals surface area (Å²) in [5.41, 5.74) is 0.855. The van der Waals surface area contributed by atoms with Crippen LogP contribution in [0.15, 0.2) is 48.5 Å². The molecule has 2 aliphatic heterocycles. The fourth-order valence-corrected chi connectivity index (χ4v) is 5.90. The maximum atomic E-state index is 14.2. The van der Waals surface area contributed by atoms with Crippen molar-refractivity contribution >= 4 is 33.3 Å². The maximum absolute atomic E-state index is 14.2. The molecule has 0 spiro atoms. The van der Waals surface area contributed by atoms with Crippen molar-refractivity contribution < 1.29 is 22.4 Å². The van der Waals surface area contributed by atoms with Crippen LogP contribution in [0.3, 0.4) is 0 Å². The van der Waals surface area contributed by atoms with E-state index >= 15 is 0 Å². The molecule has 35 heavy (non-hydrogen) atoms. The lowest BCUT2D eigenvalue weighted by molar-refractivity contribution is -0.119. The second-order valence-electron chi connectivity index (χ2n) is 9.48. The third-order valence-corrected chi connectivity index (χ3v) is 7.79. The first-order valence-electron chi connectivity index (χ1n) is 11.6. The Kier molecular flexibility index (Phi) is 7.78. The van der Waals surface area contributed by atoms with Gasteiger partial charge in [0.1, 0.15) is 11.6 Å². The second kappa shape index (κ2) is 10.6. The SMILES string of the molecule is CS(=O)(=O)CC(=O)N[C@@H](CCN1CC2CN(C(=O)c3c(F)cccc3Cl)CC2C1)c1ccccc1. The lowest BCUT2D eigenvalue weighted by atomic mass is 10.0. The van der Waals surface area contributed by atoms with Gasteiger partial charge in [0.2, 0.25) is 5.91 Å². The molecule has 1 N–H and O–H groups in total. The van der Waals surface area contributed by atoms with E-state index in [0.717, 1.165) is 31.5 Å². The highest BCUT2D eigenvalue weighted by atomic mass is 35.5. The van der Waals surface area contributed by atoms with Gasteiger partial charge in [-0.25, -0.2) is 12.8 Å². The monoisotopic (exact) mass is 521 g/mol. The number of fused-ring (bicyclic) bond motifs is 1. The number of halogens is 2. The molecule has 10 heteroatoms. The normalized spacial score (nSPS) is 21.1. The summed E-state index contributed by atoms with van der Waals surface area (Å²) < 4.78 is 37.2. The Morgan fingerprint density at radius 3 is 2.31 bits per heavy atom. The Morgan fingerprint density at radius 1 is 1.06 bits per heavy atom. The molecule has 2 aromatic carbocycles. The number of nitrogens with one attached hydrogen (secondary N) is 1. The number of rotatable bonds is 8. The number of amides is 2. The number of nitrogens with zero attached hydrogens (tertiary/aromatic N) is 2. The van der Waals surface area contributed by atoms with Crippen LogP contribution in [0.5, 0.6) is 0 Å². The van der Waals surface area contributed by atoms with E-state index in [2.05, 4.69) is 10.2 Å². The summed E-state index contributed by atoms with van der Waals surface area (Å²) in [5.74, 6) is -1.45. The molecule has 2 unspecified atom stereocenters. The fraction of sp³-hybridized carbons (Fsp3) is 0.440. The second-order valence-corrected chi connectivity index (χ2v) is 12.0. The Balaban J connectivity index is 1.34. The molecule has 188 valence electrons.